The molecule has 1 N–H and O–H groups in total. The van der Waals surface area contributed by atoms with Crippen molar-refractivity contribution in [1.82, 2.24) is 19.9 Å². The standard InChI is InChI=1S/C27H24N4O2/c1-17(20-13-8-10-19-9-4-5-11-21(19)20)30-27(32)23-15-28-26-24(16-29-31(26)18(23)2)22-12-6-7-14-25(22)33-3/h4-17H,1-3H3,(H,30,32). The number of fused-ring (bicyclic) bond motifs is 2. The van der Waals surface area contributed by atoms with Crippen molar-refractivity contribution in [3.05, 3.63) is 95.9 Å². The van der Waals surface area contributed by atoms with Crippen molar-refractivity contribution in [1.29, 1.82) is 0 Å². The third kappa shape index (κ3) is 3.59. The van der Waals surface area contributed by atoms with Crippen molar-refractivity contribution < 1.29 is 9.53 Å². The highest BCUT2D eigenvalue weighted by molar-refractivity contribution is 5.96. The normalized spacial score (nSPS) is 12.1. The third-order valence-corrected chi connectivity index (χ3v) is 6.05. The lowest BCUT2D eigenvalue weighted by atomic mass is 9.99. The first-order valence-corrected chi connectivity index (χ1v) is 10.8. The van der Waals surface area contributed by atoms with Gasteiger partial charge in [0.05, 0.1) is 36.2 Å². The van der Waals surface area contributed by atoms with E-state index in [1.165, 1.54) is 0 Å². The number of aryl methyl sites for hydroxylation is 1. The minimum atomic E-state index is -0.184. The molecule has 0 spiro atoms. The number of methoxy groups -OCH3 is 1. The van der Waals surface area contributed by atoms with Crippen molar-refractivity contribution in [3.63, 3.8) is 0 Å². The summed E-state index contributed by atoms with van der Waals surface area (Å²) in [7, 11) is 1.64. The Hall–Kier alpha value is -4.19. The number of carbonyl (C=O) groups excluding carboxylic acids is 1. The predicted octanol–water partition coefficient (Wildman–Crippen LogP) is 5.36. The van der Waals surface area contributed by atoms with Crippen molar-refractivity contribution >= 4 is 22.3 Å². The Morgan fingerprint density at radius 1 is 0.970 bits per heavy atom. The van der Waals surface area contributed by atoms with E-state index in [0.717, 1.165) is 38.9 Å². The molecule has 0 bridgehead atoms. The summed E-state index contributed by atoms with van der Waals surface area (Å²) in [5, 5.41) is 9.92. The molecule has 5 aromatic rings. The van der Waals surface area contributed by atoms with Crippen LogP contribution in [0.3, 0.4) is 0 Å². The maximum absolute atomic E-state index is 13.2. The Morgan fingerprint density at radius 3 is 2.58 bits per heavy atom. The molecular formula is C27H24N4O2. The van der Waals surface area contributed by atoms with Gasteiger partial charge in [-0.2, -0.15) is 5.10 Å². The summed E-state index contributed by atoms with van der Waals surface area (Å²) in [6, 6.07) is 21.9. The van der Waals surface area contributed by atoms with E-state index in [4.69, 9.17) is 4.74 Å². The van der Waals surface area contributed by atoms with Gasteiger partial charge in [-0.1, -0.05) is 60.7 Å². The molecule has 164 valence electrons. The minimum absolute atomic E-state index is 0.166. The number of hydrogen-bond acceptors (Lipinski definition) is 4. The first-order chi connectivity index (χ1) is 16.1. The summed E-state index contributed by atoms with van der Waals surface area (Å²) in [5.74, 6) is 0.564. The number of para-hydroxylation sites is 1. The van der Waals surface area contributed by atoms with Gasteiger partial charge in [-0.25, -0.2) is 9.50 Å². The molecule has 1 amide bonds. The van der Waals surface area contributed by atoms with Crippen LogP contribution in [0.2, 0.25) is 0 Å². The fraction of sp³-hybridized carbons (Fsp3) is 0.148. The van der Waals surface area contributed by atoms with Crippen molar-refractivity contribution in [3.8, 4) is 16.9 Å². The van der Waals surface area contributed by atoms with Gasteiger partial charge in [0, 0.05) is 11.8 Å². The summed E-state index contributed by atoms with van der Waals surface area (Å²) >= 11 is 0. The molecule has 3 aromatic carbocycles. The number of benzene rings is 3. The van der Waals surface area contributed by atoms with Gasteiger partial charge in [-0.3, -0.25) is 4.79 Å². The third-order valence-electron chi connectivity index (χ3n) is 6.05. The molecule has 2 aromatic heterocycles. The number of amides is 1. The summed E-state index contributed by atoms with van der Waals surface area (Å²) < 4.78 is 7.21. The highest BCUT2D eigenvalue weighted by Gasteiger charge is 2.20. The average Bonchev–Trinajstić information content (AvgIpc) is 3.28. The van der Waals surface area contributed by atoms with Crippen molar-refractivity contribution in [2.45, 2.75) is 19.9 Å². The van der Waals surface area contributed by atoms with Crippen LogP contribution >= 0.6 is 0 Å². The van der Waals surface area contributed by atoms with Crippen LogP contribution in [0.4, 0.5) is 0 Å². The summed E-state index contributed by atoms with van der Waals surface area (Å²) in [6.07, 6.45) is 3.38. The molecule has 0 aliphatic carbocycles. The molecule has 0 fully saturated rings. The number of aromatic nitrogens is 3. The van der Waals surface area contributed by atoms with Crippen LogP contribution < -0.4 is 10.1 Å². The summed E-state index contributed by atoms with van der Waals surface area (Å²) in [5.41, 5.74) is 4.73. The highest BCUT2D eigenvalue weighted by atomic mass is 16.5. The monoisotopic (exact) mass is 436 g/mol. The van der Waals surface area contributed by atoms with E-state index in [1.54, 1.807) is 24.0 Å². The zero-order valence-corrected chi connectivity index (χ0v) is 18.7. The molecule has 1 unspecified atom stereocenters. The Balaban J connectivity index is 1.48. The molecule has 0 saturated carbocycles. The van der Waals surface area contributed by atoms with E-state index in [1.807, 2.05) is 56.3 Å². The van der Waals surface area contributed by atoms with Gasteiger partial charge >= 0.3 is 0 Å². The largest absolute Gasteiger partial charge is 0.496 e. The van der Waals surface area contributed by atoms with Crippen LogP contribution in [0.5, 0.6) is 5.75 Å². The van der Waals surface area contributed by atoms with E-state index in [2.05, 4.69) is 39.7 Å². The zero-order valence-electron chi connectivity index (χ0n) is 18.7. The van der Waals surface area contributed by atoms with E-state index >= 15 is 0 Å². The lowest BCUT2D eigenvalue weighted by Crippen LogP contribution is -2.28. The minimum Gasteiger partial charge on any atom is -0.496 e. The van der Waals surface area contributed by atoms with E-state index < -0.39 is 0 Å². The van der Waals surface area contributed by atoms with Gasteiger partial charge in [0.2, 0.25) is 0 Å². The SMILES string of the molecule is COc1ccccc1-c1cnn2c(C)c(C(=O)NC(C)c3cccc4ccccc34)cnc12. The molecule has 2 heterocycles. The predicted molar refractivity (Wildman–Crippen MR) is 130 cm³/mol. The summed E-state index contributed by atoms with van der Waals surface area (Å²) in [4.78, 5) is 17.8. The van der Waals surface area contributed by atoms with Crippen LogP contribution in [-0.2, 0) is 0 Å². The van der Waals surface area contributed by atoms with Gasteiger partial charge in [0.25, 0.3) is 5.91 Å². The molecular weight excluding hydrogens is 412 g/mol. The Labute approximate surface area is 191 Å². The first-order valence-electron chi connectivity index (χ1n) is 10.8. The second-order valence-electron chi connectivity index (χ2n) is 8.01. The van der Waals surface area contributed by atoms with Gasteiger partial charge in [-0.15, -0.1) is 0 Å². The fourth-order valence-corrected chi connectivity index (χ4v) is 4.31. The maximum atomic E-state index is 13.2. The summed E-state index contributed by atoms with van der Waals surface area (Å²) in [6.45, 7) is 3.87. The molecule has 0 radical (unpaired) electrons. The lowest BCUT2D eigenvalue weighted by molar-refractivity contribution is 0.0938. The Morgan fingerprint density at radius 2 is 1.73 bits per heavy atom. The average molecular weight is 437 g/mol. The Kier molecular flexibility index (Phi) is 5.26. The van der Waals surface area contributed by atoms with Gasteiger partial charge in [0.1, 0.15) is 5.75 Å². The van der Waals surface area contributed by atoms with Gasteiger partial charge in [0.15, 0.2) is 5.65 Å². The molecule has 1 atom stereocenters. The number of carbonyl (C=O) groups is 1. The topological polar surface area (TPSA) is 68.5 Å². The van der Waals surface area contributed by atoms with Crippen LogP contribution in [0.25, 0.3) is 27.5 Å². The smallest absolute Gasteiger partial charge is 0.255 e. The number of hydrogen-bond donors (Lipinski definition) is 1. The van der Waals surface area contributed by atoms with Gasteiger partial charge < -0.3 is 10.1 Å². The van der Waals surface area contributed by atoms with Gasteiger partial charge in [-0.05, 0) is 36.2 Å². The van der Waals surface area contributed by atoms with Crippen LogP contribution in [0.1, 0.15) is 34.6 Å². The van der Waals surface area contributed by atoms with Crippen molar-refractivity contribution in [2.24, 2.45) is 0 Å². The molecule has 6 heteroatoms. The van der Waals surface area contributed by atoms with E-state index in [0.29, 0.717) is 11.2 Å². The van der Waals surface area contributed by atoms with E-state index in [-0.39, 0.29) is 11.9 Å². The molecule has 33 heavy (non-hydrogen) atoms. The van der Waals surface area contributed by atoms with E-state index in [9.17, 15) is 4.79 Å². The first kappa shape index (κ1) is 20.7. The van der Waals surface area contributed by atoms with Crippen LogP contribution in [0.15, 0.2) is 79.1 Å². The molecule has 5 rings (SSSR count). The number of ether oxygens (including phenoxy) is 1. The fourth-order valence-electron chi connectivity index (χ4n) is 4.31. The zero-order chi connectivity index (χ0) is 22.9. The molecule has 0 aliphatic heterocycles. The van der Waals surface area contributed by atoms with Crippen molar-refractivity contribution in [2.75, 3.05) is 7.11 Å². The molecule has 0 aliphatic rings. The quantitative estimate of drug-likeness (QED) is 0.403. The molecule has 0 saturated heterocycles. The molecule has 6 nitrogen and oxygen atoms in total. The number of nitrogens with one attached hydrogen (secondary N) is 1. The van der Waals surface area contributed by atoms with Crippen LogP contribution in [-0.4, -0.2) is 27.6 Å². The number of nitrogens with zero attached hydrogens (tertiary/aromatic N) is 3. The Bertz CT molecular complexity index is 1480. The lowest BCUT2D eigenvalue weighted by Gasteiger charge is -2.17. The second kappa shape index (κ2) is 8.39. The maximum Gasteiger partial charge on any atom is 0.255 e. The number of rotatable bonds is 5. The highest BCUT2D eigenvalue weighted by Crippen LogP contribution is 2.32. The second-order valence-corrected chi connectivity index (χ2v) is 8.01. The van der Waals surface area contributed by atoms with Crippen LogP contribution in [0, 0.1) is 6.92 Å².